The lowest BCUT2D eigenvalue weighted by molar-refractivity contribution is -0.144. The Morgan fingerprint density at radius 1 is 1.06 bits per heavy atom. The molecular formula is C26H31F2NO4. The van der Waals surface area contributed by atoms with Gasteiger partial charge in [-0.2, -0.15) is 0 Å². The Morgan fingerprint density at radius 2 is 1.82 bits per heavy atom. The summed E-state index contributed by atoms with van der Waals surface area (Å²) in [5.74, 6) is -2.25. The third-order valence-corrected chi connectivity index (χ3v) is 6.17. The Hall–Kier alpha value is -2.96. The van der Waals surface area contributed by atoms with Crippen LogP contribution in [0.25, 0.3) is 0 Å². The summed E-state index contributed by atoms with van der Waals surface area (Å²) >= 11 is 0. The van der Waals surface area contributed by atoms with Crippen LogP contribution in [-0.2, 0) is 27.3 Å². The maximum Gasteiger partial charge on any atom is 0.407 e. The van der Waals surface area contributed by atoms with Gasteiger partial charge in [0.25, 0.3) is 0 Å². The average molecular weight is 460 g/mol. The van der Waals surface area contributed by atoms with E-state index in [0.717, 1.165) is 5.56 Å². The minimum Gasteiger partial charge on any atom is -0.466 e. The number of amides is 1. The molecule has 0 radical (unpaired) electrons. The van der Waals surface area contributed by atoms with E-state index in [2.05, 4.69) is 5.32 Å². The first-order valence-corrected chi connectivity index (χ1v) is 11.5. The van der Waals surface area contributed by atoms with Gasteiger partial charge in [0.15, 0.2) is 11.6 Å². The third-order valence-electron chi connectivity index (χ3n) is 6.17. The first-order chi connectivity index (χ1) is 15.9. The summed E-state index contributed by atoms with van der Waals surface area (Å²) in [7, 11) is 0. The van der Waals surface area contributed by atoms with Gasteiger partial charge in [-0.1, -0.05) is 43.3 Å². The number of aryl methyl sites for hydroxylation is 1. The van der Waals surface area contributed by atoms with E-state index in [0.29, 0.717) is 43.4 Å². The fourth-order valence-electron chi connectivity index (χ4n) is 4.50. The largest absolute Gasteiger partial charge is 0.466 e. The number of carbonyl (C=O) groups excluding carboxylic acids is 2. The van der Waals surface area contributed by atoms with Crippen LogP contribution in [0.3, 0.4) is 0 Å². The number of halogens is 2. The van der Waals surface area contributed by atoms with E-state index in [1.807, 2.05) is 30.3 Å². The maximum absolute atomic E-state index is 14.3. The monoisotopic (exact) mass is 459 g/mol. The first-order valence-electron chi connectivity index (χ1n) is 11.5. The molecule has 1 fully saturated rings. The lowest BCUT2D eigenvalue weighted by Gasteiger charge is -2.36. The summed E-state index contributed by atoms with van der Waals surface area (Å²) in [6, 6.07) is 11.9. The van der Waals surface area contributed by atoms with E-state index < -0.39 is 17.7 Å². The molecule has 2 aromatic carbocycles. The Labute approximate surface area is 193 Å². The van der Waals surface area contributed by atoms with E-state index in [1.54, 1.807) is 19.9 Å². The van der Waals surface area contributed by atoms with Gasteiger partial charge in [0, 0.05) is 18.4 Å². The summed E-state index contributed by atoms with van der Waals surface area (Å²) in [5.41, 5.74) is 1.78. The lowest BCUT2D eigenvalue weighted by atomic mass is 9.73. The molecule has 1 aliphatic rings. The molecule has 1 N–H and O–H groups in total. The number of alkyl carbamates (subject to hydrolysis) is 1. The molecule has 1 saturated carbocycles. The normalized spacial score (nSPS) is 20.2. The van der Waals surface area contributed by atoms with Crippen molar-refractivity contribution in [2.24, 2.45) is 5.92 Å². The van der Waals surface area contributed by atoms with Crippen molar-refractivity contribution in [1.82, 2.24) is 5.32 Å². The van der Waals surface area contributed by atoms with Gasteiger partial charge in [-0.3, -0.25) is 4.79 Å². The van der Waals surface area contributed by atoms with Gasteiger partial charge < -0.3 is 14.8 Å². The van der Waals surface area contributed by atoms with Gasteiger partial charge in [0.2, 0.25) is 0 Å². The summed E-state index contributed by atoms with van der Waals surface area (Å²) < 4.78 is 38.9. The first kappa shape index (κ1) is 24.7. The predicted molar refractivity (Wildman–Crippen MR) is 121 cm³/mol. The average Bonchev–Trinajstić information content (AvgIpc) is 2.81. The van der Waals surface area contributed by atoms with Gasteiger partial charge in [0.05, 0.1) is 6.61 Å². The van der Waals surface area contributed by atoms with E-state index >= 15 is 0 Å². The van der Waals surface area contributed by atoms with Gasteiger partial charge in [0.1, 0.15) is 6.61 Å². The molecule has 0 aromatic heterocycles. The van der Waals surface area contributed by atoms with Gasteiger partial charge in [-0.15, -0.1) is 0 Å². The molecule has 3 rings (SSSR count). The van der Waals surface area contributed by atoms with Crippen molar-refractivity contribution in [3.63, 3.8) is 0 Å². The number of hydrogen-bond donors (Lipinski definition) is 1. The van der Waals surface area contributed by atoms with Crippen molar-refractivity contribution in [3.05, 3.63) is 70.8 Å². The molecule has 178 valence electrons. The Morgan fingerprint density at radius 3 is 2.52 bits per heavy atom. The molecule has 0 saturated heterocycles. The second kappa shape index (κ2) is 11.8. The molecule has 5 nitrogen and oxygen atoms in total. The van der Waals surface area contributed by atoms with Crippen LogP contribution in [0, 0.1) is 17.6 Å². The van der Waals surface area contributed by atoms with Crippen molar-refractivity contribution in [2.75, 3.05) is 6.61 Å². The molecular weight excluding hydrogens is 428 g/mol. The minimum absolute atomic E-state index is 0.0330. The highest BCUT2D eigenvalue weighted by atomic mass is 19.2. The summed E-state index contributed by atoms with van der Waals surface area (Å²) in [6.45, 7) is 3.98. The SMILES string of the molecule is CCOC(=O)CC1CC[C@@H](NC(=O)OCc2ccccc2)[C@H](c2cc(F)c(F)c(CC)c2)C1. The zero-order valence-electron chi connectivity index (χ0n) is 19.1. The van der Waals surface area contributed by atoms with Crippen molar-refractivity contribution < 1.29 is 27.8 Å². The van der Waals surface area contributed by atoms with Crippen LogP contribution in [0.15, 0.2) is 42.5 Å². The summed E-state index contributed by atoms with van der Waals surface area (Å²) in [4.78, 5) is 24.5. The smallest absolute Gasteiger partial charge is 0.407 e. The van der Waals surface area contributed by atoms with Crippen LogP contribution in [-0.4, -0.2) is 24.7 Å². The maximum atomic E-state index is 14.3. The van der Waals surface area contributed by atoms with Gasteiger partial charge >= 0.3 is 12.1 Å². The summed E-state index contributed by atoms with van der Waals surface area (Å²) in [6.07, 6.45) is 1.92. The van der Waals surface area contributed by atoms with E-state index in [1.165, 1.54) is 6.07 Å². The third kappa shape index (κ3) is 6.76. The molecule has 0 spiro atoms. The van der Waals surface area contributed by atoms with Crippen molar-refractivity contribution in [3.8, 4) is 0 Å². The fraction of sp³-hybridized carbons (Fsp3) is 0.462. The van der Waals surface area contributed by atoms with Crippen molar-refractivity contribution >= 4 is 12.1 Å². The topological polar surface area (TPSA) is 64.6 Å². The molecule has 7 heteroatoms. The zero-order chi connectivity index (χ0) is 23.8. The number of rotatable bonds is 8. The van der Waals surface area contributed by atoms with Crippen LogP contribution in [0.5, 0.6) is 0 Å². The van der Waals surface area contributed by atoms with E-state index in [-0.39, 0.29) is 36.9 Å². The quantitative estimate of drug-likeness (QED) is 0.518. The van der Waals surface area contributed by atoms with Crippen LogP contribution in [0.1, 0.15) is 62.1 Å². The highest BCUT2D eigenvalue weighted by molar-refractivity contribution is 5.70. The predicted octanol–water partition coefficient (Wildman–Crippen LogP) is 5.66. The van der Waals surface area contributed by atoms with Crippen molar-refractivity contribution in [1.29, 1.82) is 0 Å². The highest BCUT2D eigenvalue weighted by Crippen LogP contribution is 2.39. The molecule has 1 unspecified atom stereocenters. The second-order valence-corrected chi connectivity index (χ2v) is 8.44. The second-order valence-electron chi connectivity index (χ2n) is 8.44. The van der Waals surface area contributed by atoms with Crippen LogP contribution < -0.4 is 5.32 Å². The van der Waals surface area contributed by atoms with Gasteiger partial charge in [-0.25, -0.2) is 13.6 Å². The van der Waals surface area contributed by atoms with Crippen LogP contribution >= 0.6 is 0 Å². The molecule has 2 aromatic rings. The Bertz CT molecular complexity index is 951. The van der Waals surface area contributed by atoms with E-state index in [4.69, 9.17) is 9.47 Å². The number of esters is 1. The molecule has 33 heavy (non-hydrogen) atoms. The number of ether oxygens (including phenoxy) is 2. The number of hydrogen-bond acceptors (Lipinski definition) is 4. The van der Waals surface area contributed by atoms with Crippen molar-refractivity contribution in [2.45, 2.75) is 64.5 Å². The lowest BCUT2D eigenvalue weighted by Crippen LogP contribution is -2.43. The molecule has 1 aliphatic carbocycles. The number of carbonyl (C=O) groups is 2. The molecule has 0 heterocycles. The Kier molecular flexibility index (Phi) is 8.80. The minimum atomic E-state index is -0.901. The standard InChI is InChI=1S/C26H31F2NO4/c1-3-19-14-20(15-22(27)25(19)28)21-12-18(13-24(30)32-4-2)10-11-23(21)29-26(31)33-16-17-8-6-5-7-9-17/h5-9,14-15,18,21,23H,3-4,10-13,16H2,1-2H3,(H,29,31)/t18?,21-,23+/m0/s1. The highest BCUT2D eigenvalue weighted by Gasteiger charge is 2.35. The van der Waals surface area contributed by atoms with Crippen LogP contribution in [0.4, 0.5) is 13.6 Å². The Balaban J connectivity index is 1.75. The van der Waals surface area contributed by atoms with E-state index in [9.17, 15) is 18.4 Å². The number of benzene rings is 2. The van der Waals surface area contributed by atoms with Gasteiger partial charge in [-0.05, 0) is 61.3 Å². The fourth-order valence-corrected chi connectivity index (χ4v) is 4.50. The zero-order valence-corrected chi connectivity index (χ0v) is 19.1. The molecule has 0 bridgehead atoms. The molecule has 0 aliphatic heterocycles. The number of nitrogens with one attached hydrogen (secondary N) is 1. The molecule has 1 amide bonds. The summed E-state index contributed by atoms with van der Waals surface area (Å²) in [5, 5.41) is 2.91. The van der Waals surface area contributed by atoms with Crippen LogP contribution in [0.2, 0.25) is 0 Å². The molecule has 3 atom stereocenters.